The van der Waals surface area contributed by atoms with Gasteiger partial charge in [-0.15, -0.1) is 0 Å². The standard InChI is InChI=1S/C12H19N3O/c16-12-7-3-1-2-6-11(12)13-9-10-5-4-8-14-15-10/h4-5,8,11-13,16H,1-3,6-7,9H2. The highest BCUT2D eigenvalue weighted by Crippen LogP contribution is 2.18. The van der Waals surface area contributed by atoms with Gasteiger partial charge in [0.05, 0.1) is 11.8 Å². The fraction of sp³-hybridized carbons (Fsp3) is 0.667. The first-order valence-corrected chi connectivity index (χ1v) is 6.04. The first kappa shape index (κ1) is 11.5. The predicted octanol–water partition coefficient (Wildman–Crippen LogP) is 1.26. The van der Waals surface area contributed by atoms with Crippen molar-refractivity contribution < 1.29 is 5.11 Å². The number of aliphatic hydroxyl groups excluding tert-OH is 1. The van der Waals surface area contributed by atoms with Crippen LogP contribution in [0.4, 0.5) is 0 Å². The zero-order valence-corrected chi connectivity index (χ0v) is 9.47. The molecule has 88 valence electrons. The lowest BCUT2D eigenvalue weighted by atomic mass is 10.1. The maximum atomic E-state index is 9.93. The van der Waals surface area contributed by atoms with Crippen LogP contribution in [0.15, 0.2) is 18.3 Å². The van der Waals surface area contributed by atoms with Gasteiger partial charge in [0.25, 0.3) is 0 Å². The van der Waals surface area contributed by atoms with Crippen molar-refractivity contribution in [2.75, 3.05) is 0 Å². The van der Waals surface area contributed by atoms with Gasteiger partial charge in [-0.3, -0.25) is 0 Å². The van der Waals surface area contributed by atoms with Gasteiger partial charge in [-0.1, -0.05) is 19.3 Å². The molecule has 2 unspecified atom stereocenters. The maximum Gasteiger partial charge on any atom is 0.0769 e. The molecule has 0 aliphatic heterocycles. The van der Waals surface area contributed by atoms with Crippen LogP contribution in [0.1, 0.15) is 37.8 Å². The SMILES string of the molecule is OC1CCCCCC1NCc1cccnn1. The summed E-state index contributed by atoms with van der Waals surface area (Å²) in [6.07, 6.45) is 7.02. The lowest BCUT2D eigenvalue weighted by Gasteiger charge is -2.21. The predicted molar refractivity (Wildman–Crippen MR) is 61.8 cm³/mol. The number of nitrogens with one attached hydrogen (secondary N) is 1. The first-order valence-electron chi connectivity index (χ1n) is 6.04. The van der Waals surface area contributed by atoms with E-state index in [4.69, 9.17) is 0 Å². The zero-order chi connectivity index (χ0) is 11.2. The second-order valence-electron chi connectivity index (χ2n) is 4.41. The summed E-state index contributed by atoms with van der Waals surface area (Å²) in [5, 5.41) is 21.2. The number of nitrogens with zero attached hydrogens (tertiary/aromatic N) is 2. The lowest BCUT2D eigenvalue weighted by molar-refractivity contribution is 0.119. The molecular formula is C12H19N3O. The van der Waals surface area contributed by atoms with Crippen LogP contribution in [-0.4, -0.2) is 27.4 Å². The highest BCUT2D eigenvalue weighted by Gasteiger charge is 2.20. The van der Waals surface area contributed by atoms with Crippen molar-refractivity contribution >= 4 is 0 Å². The fourth-order valence-corrected chi connectivity index (χ4v) is 2.19. The molecule has 1 fully saturated rings. The summed E-state index contributed by atoms with van der Waals surface area (Å²) >= 11 is 0. The van der Waals surface area contributed by atoms with E-state index in [1.54, 1.807) is 6.20 Å². The molecule has 0 spiro atoms. The molecule has 1 saturated carbocycles. The Morgan fingerprint density at radius 3 is 3.00 bits per heavy atom. The molecule has 1 aromatic heterocycles. The van der Waals surface area contributed by atoms with Crippen LogP contribution in [0.2, 0.25) is 0 Å². The Balaban J connectivity index is 1.84. The molecule has 4 heteroatoms. The van der Waals surface area contributed by atoms with E-state index >= 15 is 0 Å². The smallest absolute Gasteiger partial charge is 0.0769 e. The zero-order valence-electron chi connectivity index (χ0n) is 9.47. The summed E-state index contributed by atoms with van der Waals surface area (Å²) in [6, 6.07) is 4.04. The summed E-state index contributed by atoms with van der Waals surface area (Å²) in [7, 11) is 0. The minimum Gasteiger partial charge on any atom is -0.392 e. The van der Waals surface area contributed by atoms with Crippen molar-refractivity contribution in [1.82, 2.24) is 15.5 Å². The van der Waals surface area contributed by atoms with Crippen molar-refractivity contribution in [3.05, 3.63) is 24.0 Å². The van der Waals surface area contributed by atoms with Gasteiger partial charge in [-0.2, -0.15) is 10.2 Å². The van der Waals surface area contributed by atoms with Crippen LogP contribution >= 0.6 is 0 Å². The minimum atomic E-state index is -0.209. The third-order valence-corrected chi connectivity index (χ3v) is 3.15. The highest BCUT2D eigenvalue weighted by molar-refractivity contribution is 4.99. The van der Waals surface area contributed by atoms with Crippen molar-refractivity contribution in [2.45, 2.75) is 50.8 Å². The van der Waals surface area contributed by atoms with Gasteiger partial charge in [0.2, 0.25) is 0 Å². The molecule has 0 radical (unpaired) electrons. The molecule has 4 nitrogen and oxygen atoms in total. The van der Waals surface area contributed by atoms with Gasteiger partial charge in [0, 0.05) is 18.8 Å². The highest BCUT2D eigenvalue weighted by atomic mass is 16.3. The second kappa shape index (κ2) is 5.92. The topological polar surface area (TPSA) is 58.0 Å². The molecule has 2 atom stereocenters. The Kier molecular flexibility index (Phi) is 4.25. The molecule has 16 heavy (non-hydrogen) atoms. The van der Waals surface area contributed by atoms with Crippen molar-refractivity contribution in [3.63, 3.8) is 0 Å². The van der Waals surface area contributed by atoms with Gasteiger partial charge in [0.1, 0.15) is 0 Å². The Bertz CT molecular complexity index is 304. The van der Waals surface area contributed by atoms with Crippen LogP contribution < -0.4 is 5.32 Å². The average molecular weight is 221 g/mol. The Morgan fingerprint density at radius 2 is 2.19 bits per heavy atom. The summed E-state index contributed by atoms with van der Waals surface area (Å²) in [5.74, 6) is 0. The van der Waals surface area contributed by atoms with Crippen molar-refractivity contribution in [2.24, 2.45) is 0 Å². The van der Waals surface area contributed by atoms with E-state index in [-0.39, 0.29) is 12.1 Å². The molecule has 2 rings (SSSR count). The van der Waals surface area contributed by atoms with Gasteiger partial charge in [0.15, 0.2) is 0 Å². The maximum absolute atomic E-state index is 9.93. The number of aliphatic hydroxyl groups is 1. The average Bonchev–Trinajstić information content (AvgIpc) is 2.53. The van der Waals surface area contributed by atoms with E-state index in [9.17, 15) is 5.11 Å². The van der Waals surface area contributed by atoms with Gasteiger partial charge >= 0.3 is 0 Å². The molecule has 1 aliphatic rings. The summed E-state index contributed by atoms with van der Waals surface area (Å²) in [6.45, 7) is 0.690. The molecule has 0 amide bonds. The molecule has 2 N–H and O–H groups in total. The number of hydrogen-bond acceptors (Lipinski definition) is 4. The Morgan fingerprint density at radius 1 is 1.31 bits per heavy atom. The lowest BCUT2D eigenvalue weighted by Crippen LogP contribution is -2.38. The van der Waals surface area contributed by atoms with Crippen LogP contribution in [0.25, 0.3) is 0 Å². The number of aromatic nitrogens is 2. The van der Waals surface area contributed by atoms with E-state index in [1.807, 2.05) is 12.1 Å². The van der Waals surface area contributed by atoms with Crippen molar-refractivity contribution in [1.29, 1.82) is 0 Å². The second-order valence-corrected chi connectivity index (χ2v) is 4.41. The normalized spacial score (nSPS) is 26.3. The van der Waals surface area contributed by atoms with E-state index in [1.165, 1.54) is 12.8 Å². The first-order chi connectivity index (χ1) is 7.86. The molecular weight excluding hydrogens is 202 g/mol. The molecule has 0 aromatic carbocycles. The van der Waals surface area contributed by atoms with Crippen LogP contribution in [-0.2, 0) is 6.54 Å². The van der Waals surface area contributed by atoms with E-state index < -0.39 is 0 Å². The third-order valence-electron chi connectivity index (χ3n) is 3.15. The summed E-state index contributed by atoms with van der Waals surface area (Å²) in [4.78, 5) is 0. The van der Waals surface area contributed by atoms with Crippen LogP contribution in [0.5, 0.6) is 0 Å². The summed E-state index contributed by atoms with van der Waals surface area (Å²) in [5.41, 5.74) is 0.930. The quantitative estimate of drug-likeness (QED) is 0.754. The Hall–Kier alpha value is -1.00. The molecule has 0 bridgehead atoms. The van der Waals surface area contributed by atoms with E-state index in [2.05, 4.69) is 15.5 Å². The monoisotopic (exact) mass is 221 g/mol. The molecule has 1 aliphatic carbocycles. The number of hydrogen-bond donors (Lipinski definition) is 2. The molecule has 1 heterocycles. The third kappa shape index (κ3) is 3.25. The van der Waals surface area contributed by atoms with Gasteiger partial charge in [-0.25, -0.2) is 0 Å². The van der Waals surface area contributed by atoms with E-state index in [0.717, 1.165) is 25.0 Å². The largest absolute Gasteiger partial charge is 0.392 e. The van der Waals surface area contributed by atoms with E-state index in [0.29, 0.717) is 6.54 Å². The van der Waals surface area contributed by atoms with Crippen LogP contribution in [0.3, 0.4) is 0 Å². The summed E-state index contributed by atoms with van der Waals surface area (Å²) < 4.78 is 0. The Labute approximate surface area is 96.1 Å². The van der Waals surface area contributed by atoms with Crippen LogP contribution in [0, 0.1) is 0 Å². The minimum absolute atomic E-state index is 0.209. The molecule has 1 aromatic rings. The van der Waals surface area contributed by atoms with Gasteiger partial charge < -0.3 is 10.4 Å². The van der Waals surface area contributed by atoms with Gasteiger partial charge in [-0.05, 0) is 25.0 Å². The molecule has 0 saturated heterocycles. The van der Waals surface area contributed by atoms with Crippen molar-refractivity contribution in [3.8, 4) is 0 Å². The fourth-order valence-electron chi connectivity index (χ4n) is 2.19. The number of rotatable bonds is 3.